The van der Waals surface area contributed by atoms with Crippen molar-refractivity contribution in [2.45, 2.75) is 12.5 Å². The van der Waals surface area contributed by atoms with E-state index in [9.17, 15) is 9.90 Å². The van der Waals surface area contributed by atoms with E-state index in [0.717, 1.165) is 0 Å². The van der Waals surface area contributed by atoms with Gasteiger partial charge in [-0.1, -0.05) is 0 Å². The number of methoxy groups -OCH3 is 2. The molecule has 1 aromatic rings. The third-order valence-electron chi connectivity index (χ3n) is 2.61. The summed E-state index contributed by atoms with van der Waals surface area (Å²) in [6.45, 7) is 0.626. The molecular formula is C13H20N2O4. The van der Waals surface area contributed by atoms with E-state index in [-0.39, 0.29) is 12.5 Å². The molecule has 0 aliphatic heterocycles. The van der Waals surface area contributed by atoms with Crippen LogP contribution in [0.15, 0.2) is 18.2 Å². The maximum absolute atomic E-state index is 11.8. The van der Waals surface area contributed by atoms with Crippen LogP contribution in [-0.4, -0.2) is 44.5 Å². The molecule has 0 aliphatic rings. The van der Waals surface area contributed by atoms with Crippen molar-refractivity contribution >= 4 is 11.6 Å². The number of nitrogens with two attached hydrogens (primary N) is 1. The van der Waals surface area contributed by atoms with Crippen LogP contribution in [0.5, 0.6) is 5.75 Å². The number of benzene rings is 1. The van der Waals surface area contributed by atoms with Gasteiger partial charge in [-0.05, 0) is 24.6 Å². The lowest BCUT2D eigenvalue weighted by Crippen LogP contribution is -2.28. The van der Waals surface area contributed by atoms with Gasteiger partial charge in [0.1, 0.15) is 5.75 Å². The topological polar surface area (TPSA) is 93.8 Å². The lowest BCUT2D eigenvalue weighted by Gasteiger charge is -2.11. The smallest absolute Gasteiger partial charge is 0.251 e. The first-order chi connectivity index (χ1) is 9.08. The van der Waals surface area contributed by atoms with Crippen LogP contribution in [0, 0.1) is 0 Å². The number of nitrogen functional groups attached to an aromatic ring is 1. The van der Waals surface area contributed by atoms with E-state index in [1.54, 1.807) is 18.2 Å². The zero-order valence-corrected chi connectivity index (χ0v) is 11.2. The van der Waals surface area contributed by atoms with Crippen molar-refractivity contribution in [3.63, 3.8) is 0 Å². The number of hydrogen-bond acceptors (Lipinski definition) is 5. The maximum atomic E-state index is 11.8. The summed E-state index contributed by atoms with van der Waals surface area (Å²) in [4.78, 5) is 11.8. The third kappa shape index (κ3) is 4.76. The Bertz CT molecular complexity index is 423. The molecule has 0 fully saturated rings. The van der Waals surface area contributed by atoms with E-state index in [1.165, 1.54) is 14.2 Å². The first kappa shape index (κ1) is 15.3. The molecule has 1 amide bonds. The van der Waals surface area contributed by atoms with E-state index < -0.39 is 6.10 Å². The number of amides is 1. The summed E-state index contributed by atoms with van der Waals surface area (Å²) in [6.07, 6.45) is -0.142. The Hall–Kier alpha value is -1.79. The molecule has 0 radical (unpaired) electrons. The molecule has 0 aromatic heterocycles. The second-order valence-corrected chi connectivity index (χ2v) is 4.11. The Kier molecular flexibility index (Phi) is 6.11. The van der Waals surface area contributed by atoms with Crippen LogP contribution in [0.1, 0.15) is 16.8 Å². The van der Waals surface area contributed by atoms with Crippen molar-refractivity contribution < 1.29 is 19.4 Å². The first-order valence-electron chi connectivity index (χ1n) is 5.97. The number of rotatable bonds is 7. The van der Waals surface area contributed by atoms with Gasteiger partial charge in [-0.2, -0.15) is 0 Å². The van der Waals surface area contributed by atoms with Gasteiger partial charge in [-0.25, -0.2) is 0 Å². The van der Waals surface area contributed by atoms with Gasteiger partial charge < -0.3 is 25.6 Å². The summed E-state index contributed by atoms with van der Waals surface area (Å²) in [6, 6.07) is 4.83. The molecule has 0 spiro atoms. The second kappa shape index (κ2) is 7.60. The van der Waals surface area contributed by atoms with E-state index in [1.807, 2.05) is 0 Å². The molecule has 0 saturated carbocycles. The van der Waals surface area contributed by atoms with Gasteiger partial charge in [0, 0.05) is 19.2 Å². The molecule has 0 saturated heterocycles. The number of nitrogens with one attached hydrogen (secondary N) is 1. The van der Waals surface area contributed by atoms with E-state index >= 15 is 0 Å². The number of hydrogen-bond donors (Lipinski definition) is 3. The highest BCUT2D eigenvalue weighted by Gasteiger charge is 2.09. The highest BCUT2D eigenvalue weighted by molar-refractivity contribution is 5.95. The summed E-state index contributed by atoms with van der Waals surface area (Å²) in [5, 5.41) is 12.1. The molecule has 1 rings (SSSR count). The summed E-state index contributed by atoms with van der Waals surface area (Å²) < 4.78 is 9.81. The average Bonchev–Trinajstić information content (AvgIpc) is 2.38. The lowest BCUT2D eigenvalue weighted by atomic mass is 10.1. The number of carbonyl (C=O) groups is 1. The molecule has 1 unspecified atom stereocenters. The zero-order chi connectivity index (χ0) is 14.3. The molecule has 6 nitrogen and oxygen atoms in total. The molecule has 0 heterocycles. The van der Waals surface area contributed by atoms with E-state index in [4.69, 9.17) is 15.2 Å². The van der Waals surface area contributed by atoms with Crippen molar-refractivity contribution in [3.8, 4) is 5.75 Å². The van der Waals surface area contributed by atoms with Gasteiger partial charge in [-0.3, -0.25) is 4.79 Å². The predicted molar refractivity (Wildman–Crippen MR) is 72.2 cm³/mol. The van der Waals surface area contributed by atoms with Crippen molar-refractivity contribution in [2.75, 3.05) is 33.1 Å². The largest absolute Gasteiger partial charge is 0.495 e. The molecule has 0 bridgehead atoms. The Morgan fingerprint density at radius 2 is 2.21 bits per heavy atom. The minimum atomic E-state index is -0.578. The quantitative estimate of drug-likeness (QED) is 0.622. The zero-order valence-electron chi connectivity index (χ0n) is 11.2. The van der Waals surface area contributed by atoms with Gasteiger partial charge in [0.2, 0.25) is 0 Å². The number of carbonyl (C=O) groups excluding carboxylic acids is 1. The molecule has 0 aliphatic carbocycles. The van der Waals surface area contributed by atoms with Gasteiger partial charge >= 0.3 is 0 Å². The van der Waals surface area contributed by atoms with Gasteiger partial charge in [0.15, 0.2) is 0 Å². The lowest BCUT2D eigenvalue weighted by molar-refractivity contribution is 0.0587. The standard InChI is InChI=1S/C13H20N2O4/c1-18-8-10(16)5-6-15-13(17)9-3-4-12(19-2)11(14)7-9/h3-4,7,10,16H,5-6,8,14H2,1-2H3,(H,15,17). The van der Waals surface area contributed by atoms with E-state index in [2.05, 4.69) is 5.32 Å². The number of ether oxygens (including phenoxy) is 2. The van der Waals surface area contributed by atoms with Gasteiger partial charge in [0.25, 0.3) is 5.91 Å². The minimum absolute atomic E-state index is 0.237. The summed E-state index contributed by atoms with van der Waals surface area (Å²) in [7, 11) is 3.03. The average molecular weight is 268 g/mol. The van der Waals surface area contributed by atoms with Crippen molar-refractivity contribution in [3.05, 3.63) is 23.8 Å². The highest BCUT2D eigenvalue weighted by Crippen LogP contribution is 2.21. The SMILES string of the molecule is COCC(O)CCNC(=O)c1ccc(OC)c(N)c1. The van der Waals surface area contributed by atoms with Crippen molar-refractivity contribution in [2.24, 2.45) is 0 Å². The molecule has 1 aromatic carbocycles. The van der Waals surface area contributed by atoms with Crippen LogP contribution in [0.3, 0.4) is 0 Å². The Morgan fingerprint density at radius 1 is 1.47 bits per heavy atom. The fourth-order valence-electron chi connectivity index (χ4n) is 1.61. The second-order valence-electron chi connectivity index (χ2n) is 4.11. The monoisotopic (exact) mass is 268 g/mol. The van der Waals surface area contributed by atoms with Crippen LogP contribution < -0.4 is 15.8 Å². The van der Waals surface area contributed by atoms with Crippen LogP contribution in [0.4, 0.5) is 5.69 Å². The highest BCUT2D eigenvalue weighted by atomic mass is 16.5. The summed E-state index contributed by atoms with van der Waals surface area (Å²) in [5.74, 6) is 0.297. The van der Waals surface area contributed by atoms with Gasteiger partial charge in [0.05, 0.1) is 25.5 Å². The van der Waals surface area contributed by atoms with Crippen molar-refractivity contribution in [1.82, 2.24) is 5.32 Å². The molecule has 1 atom stereocenters. The molecule has 19 heavy (non-hydrogen) atoms. The van der Waals surface area contributed by atoms with Gasteiger partial charge in [-0.15, -0.1) is 0 Å². The predicted octanol–water partition coefficient (Wildman–Crippen LogP) is 0.405. The Labute approximate surface area is 112 Å². The van der Waals surface area contributed by atoms with Crippen LogP contribution >= 0.6 is 0 Å². The fourth-order valence-corrected chi connectivity index (χ4v) is 1.61. The molecular weight excluding hydrogens is 248 g/mol. The fraction of sp³-hybridized carbons (Fsp3) is 0.462. The first-order valence-corrected chi connectivity index (χ1v) is 5.97. The van der Waals surface area contributed by atoms with E-state index in [0.29, 0.717) is 30.0 Å². The molecule has 106 valence electrons. The molecule has 4 N–H and O–H groups in total. The summed E-state index contributed by atoms with van der Waals surface area (Å²) >= 11 is 0. The maximum Gasteiger partial charge on any atom is 0.251 e. The Morgan fingerprint density at radius 3 is 2.79 bits per heavy atom. The normalized spacial score (nSPS) is 11.9. The Balaban J connectivity index is 2.47. The minimum Gasteiger partial charge on any atom is -0.495 e. The number of anilines is 1. The summed E-state index contributed by atoms with van der Waals surface area (Å²) in [5.41, 5.74) is 6.59. The number of aliphatic hydroxyl groups is 1. The number of aliphatic hydroxyl groups excluding tert-OH is 1. The van der Waals surface area contributed by atoms with Crippen LogP contribution in [-0.2, 0) is 4.74 Å². The molecule has 6 heteroatoms. The van der Waals surface area contributed by atoms with Crippen LogP contribution in [0.2, 0.25) is 0 Å². The van der Waals surface area contributed by atoms with Crippen LogP contribution in [0.25, 0.3) is 0 Å². The van der Waals surface area contributed by atoms with Crippen molar-refractivity contribution in [1.29, 1.82) is 0 Å². The third-order valence-corrected chi connectivity index (χ3v) is 2.61.